The topological polar surface area (TPSA) is 80.3 Å². The maximum absolute atomic E-state index is 12.0. The summed E-state index contributed by atoms with van der Waals surface area (Å²) >= 11 is 0. The third-order valence-electron chi connectivity index (χ3n) is 3.48. The van der Waals surface area contributed by atoms with Crippen LogP contribution in [0.3, 0.4) is 0 Å². The van der Waals surface area contributed by atoms with Crippen molar-refractivity contribution in [2.75, 3.05) is 6.54 Å². The lowest BCUT2D eigenvalue weighted by Gasteiger charge is -2.25. The van der Waals surface area contributed by atoms with Crippen LogP contribution in [0.1, 0.15) is 25.7 Å². The molecule has 0 heterocycles. The molecular formula is C12H16ClNO4S2. The van der Waals surface area contributed by atoms with Crippen molar-refractivity contribution in [3.05, 3.63) is 24.3 Å². The first-order valence-corrected chi connectivity index (χ1v) is 10.1. The Kier molecular flexibility index (Phi) is 4.73. The van der Waals surface area contributed by atoms with Gasteiger partial charge in [0.1, 0.15) is 0 Å². The second kappa shape index (κ2) is 6.01. The minimum Gasteiger partial charge on any atom is -0.211 e. The van der Waals surface area contributed by atoms with Gasteiger partial charge in [0, 0.05) is 17.2 Å². The van der Waals surface area contributed by atoms with E-state index in [0.29, 0.717) is 12.5 Å². The van der Waals surface area contributed by atoms with Crippen molar-refractivity contribution in [1.82, 2.24) is 4.72 Å². The first kappa shape index (κ1) is 15.8. The van der Waals surface area contributed by atoms with Crippen molar-refractivity contribution in [3.63, 3.8) is 0 Å². The second-order valence-electron chi connectivity index (χ2n) is 4.89. The van der Waals surface area contributed by atoms with Crippen molar-refractivity contribution in [2.24, 2.45) is 5.92 Å². The molecule has 0 bridgehead atoms. The Morgan fingerprint density at radius 1 is 1.05 bits per heavy atom. The van der Waals surface area contributed by atoms with Crippen LogP contribution in [0.15, 0.2) is 34.1 Å². The number of hydrogen-bond donors (Lipinski definition) is 1. The van der Waals surface area contributed by atoms with Crippen LogP contribution in [0.2, 0.25) is 0 Å². The molecule has 0 amide bonds. The Hall–Kier alpha value is -0.630. The van der Waals surface area contributed by atoms with Gasteiger partial charge < -0.3 is 0 Å². The van der Waals surface area contributed by atoms with E-state index in [4.69, 9.17) is 10.7 Å². The van der Waals surface area contributed by atoms with Crippen LogP contribution in [0, 0.1) is 5.92 Å². The van der Waals surface area contributed by atoms with Gasteiger partial charge in [-0.25, -0.2) is 21.6 Å². The lowest BCUT2D eigenvalue weighted by molar-refractivity contribution is 0.297. The number of sulfonamides is 1. The highest BCUT2D eigenvalue weighted by atomic mass is 35.7. The number of nitrogens with one attached hydrogen (secondary N) is 1. The van der Waals surface area contributed by atoms with Crippen molar-refractivity contribution >= 4 is 29.8 Å². The van der Waals surface area contributed by atoms with E-state index >= 15 is 0 Å². The summed E-state index contributed by atoms with van der Waals surface area (Å²) in [5, 5.41) is 0. The van der Waals surface area contributed by atoms with Gasteiger partial charge in [0.05, 0.1) is 9.79 Å². The summed E-state index contributed by atoms with van der Waals surface area (Å²) in [6, 6.07) is 4.84. The average molecular weight is 338 g/mol. The molecule has 112 valence electrons. The third-order valence-corrected chi connectivity index (χ3v) is 6.33. The van der Waals surface area contributed by atoms with Crippen molar-refractivity contribution < 1.29 is 16.8 Å². The molecule has 1 N–H and O–H groups in total. The minimum atomic E-state index is -3.83. The largest absolute Gasteiger partial charge is 0.261 e. The summed E-state index contributed by atoms with van der Waals surface area (Å²) < 4.78 is 48.7. The molecule has 1 saturated carbocycles. The van der Waals surface area contributed by atoms with Gasteiger partial charge in [-0.15, -0.1) is 0 Å². The molecule has 0 spiro atoms. The van der Waals surface area contributed by atoms with Crippen LogP contribution >= 0.6 is 10.7 Å². The zero-order valence-corrected chi connectivity index (χ0v) is 13.1. The molecule has 8 heteroatoms. The summed E-state index contributed by atoms with van der Waals surface area (Å²) in [6.45, 7) is 0.405. The molecule has 5 nitrogen and oxygen atoms in total. The van der Waals surface area contributed by atoms with Gasteiger partial charge in [-0.3, -0.25) is 0 Å². The fourth-order valence-corrected chi connectivity index (χ4v) is 3.86. The van der Waals surface area contributed by atoms with E-state index in [1.54, 1.807) is 0 Å². The zero-order valence-electron chi connectivity index (χ0n) is 10.7. The molecule has 0 saturated heterocycles. The average Bonchev–Trinajstić information content (AvgIpc) is 2.31. The number of hydrogen-bond acceptors (Lipinski definition) is 4. The summed E-state index contributed by atoms with van der Waals surface area (Å²) in [4.78, 5) is -0.0808. The van der Waals surface area contributed by atoms with Crippen molar-refractivity contribution in [3.8, 4) is 0 Å². The van der Waals surface area contributed by atoms with Crippen LogP contribution in [-0.4, -0.2) is 23.4 Å². The van der Waals surface area contributed by atoms with Crippen LogP contribution < -0.4 is 4.72 Å². The van der Waals surface area contributed by atoms with Gasteiger partial charge in [-0.1, -0.05) is 19.3 Å². The van der Waals surface area contributed by atoms with Crippen molar-refractivity contribution in [1.29, 1.82) is 0 Å². The van der Waals surface area contributed by atoms with Gasteiger partial charge in [-0.05, 0) is 36.6 Å². The quantitative estimate of drug-likeness (QED) is 0.806. The van der Waals surface area contributed by atoms with Crippen LogP contribution in [0.5, 0.6) is 0 Å². The van der Waals surface area contributed by atoms with Gasteiger partial charge in [0.15, 0.2) is 0 Å². The molecule has 1 fully saturated rings. The Bertz CT molecular complexity index is 664. The fraction of sp³-hybridized carbons (Fsp3) is 0.500. The molecule has 1 aromatic carbocycles. The molecule has 2 rings (SSSR count). The number of rotatable bonds is 6. The standard InChI is InChI=1S/C12H16ClNO4S2/c13-19(15,16)11-4-6-12(7-5-11)20(17,18)14-9-8-10-2-1-3-10/h4-7,10,14H,1-3,8-9H2. The van der Waals surface area contributed by atoms with Crippen LogP contribution in [0.4, 0.5) is 0 Å². The third kappa shape index (κ3) is 3.94. The first-order chi connectivity index (χ1) is 9.29. The predicted octanol–water partition coefficient (Wildman–Crippen LogP) is 2.08. The van der Waals surface area contributed by atoms with Crippen molar-refractivity contribution in [2.45, 2.75) is 35.5 Å². The van der Waals surface area contributed by atoms with E-state index in [1.807, 2.05) is 0 Å². The molecule has 0 aromatic heterocycles. The lowest BCUT2D eigenvalue weighted by Crippen LogP contribution is -2.27. The highest BCUT2D eigenvalue weighted by molar-refractivity contribution is 8.13. The van der Waals surface area contributed by atoms with Crippen LogP contribution in [-0.2, 0) is 19.1 Å². The Labute approximate surface area is 123 Å². The van der Waals surface area contributed by atoms with Crippen LogP contribution in [0.25, 0.3) is 0 Å². The maximum atomic E-state index is 12.0. The molecule has 0 atom stereocenters. The fourth-order valence-electron chi connectivity index (χ4n) is 2.04. The monoisotopic (exact) mass is 337 g/mol. The van der Waals surface area contributed by atoms with Gasteiger partial charge in [-0.2, -0.15) is 0 Å². The number of halogens is 1. The molecule has 0 aliphatic heterocycles. The van der Waals surface area contributed by atoms with E-state index in [2.05, 4.69) is 4.72 Å². The Balaban J connectivity index is 2.01. The van der Waals surface area contributed by atoms with E-state index in [-0.39, 0.29) is 9.79 Å². The molecular weight excluding hydrogens is 322 g/mol. The zero-order chi connectivity index (χ0) is 14.8. The van der Waals surface area contributed by atoms with Gasteiger partial charge >= 0.3 is 0 Å². The smallest absolute Gasteiger partial charge is 0.211 e. The normalized spacial score (nSPS) is 16.9. The van der Waals surface area contributed by atoms with Gasteiger partial charge in [0.2, 0.25) is 10.0 Å². The maximum Gasteiger partial charge on any atom is 0.261 e. The Morgan fingerprint density at radius 2 is 1.60 bits per heavy atom. The van der Waals surface area contributed by atoms with E-state index in [0.717, 1.165) is 6.42 Å². The molecule has 1 aliphatic carbocycles. The molecule has 0 unspecified atom stereocenters. The number of benzene rings is 1. The van der Waals surface area contributed by atoms with Gasteiger partial charge in [0.25, 0.3) is 9.05 Å². The lowest BCUT2D eigenvalue weighted by atomic mass is 9.83. The first-order valence-electron chi connectivity index (χ1n) is 6.33. The molecule has 1 aliphatic rings. The minimum absolute atomic E-state index is 0.0372. The summed E-state index contributed by atoms with van der Waals surface area (Å²) in [5.74, 6) is 0.626. The predicted molar refractivity (Wildman–Crippen MR) is 76.6 cm³/mol. The van der Waals surface area contributed by atoms with E-state index in [1.165, 1.54) is 43.5 Å². The second-order valence-corrected chi connectivity index (χ2v) is 9.23. The highest BCUT2D eigenvalue weighted by Gasteiger charge is 2.19. The molecule has 1 aromatic rings. The molecule has 0 radical (unpaired) electrons. The highest BCUT2D eigenvalue weighted by Crippen LogP contribution is 2.28. The van der Waals surface area contributed by atoms with E-state index < -0.39 is 19.1 Å². The summed E-state index contributed by atoms with van der Waals surface area (Å²) in [5.41, 5.74) is 0. The molecule has 20 heavy (non-hydrogen) atoms. The SMILES string of the molecule is O=S(=O)(Cl)c1ccc(S(=O)(=O)NCCC2CCC2)cc1. The van der Waals surface area contributed by atoms with E-state index in [9.17, 15) is 16.8 Å². The summed E-state index contributed by atoms with van der Waals surface area (Å²) in [6.07, 6.45) is 4.41. The Morgan fingerprint density at radius 3 is 2.05 bits per heavy atom. The summed E-state index contributed by atoms with van der Waals surface area (Å²) in [7, 11) is -2.25.